The van der Waals surface area contributed by atoms with Gasteiger partial charge in [0.05, 0.1) is 31.6 Å². The van der Waals surface area contributed by atoms with Gasteiger partial charge < -0.3 is 19.6 Å². The Labute approximate surface area is 172 Å². The van der Waals surface area contributed by atoms with Crippen molar-refractivity contribution in [3.05, 3.63) is 11.9 Å². The summed E-state index contributed by atoms with van der Waals surface area (Å²) in [5.74, 6) is 0.307. The number of aliphatic hydroxyl groups is 1. The van der Waals surface area contributed by atoms with E-state index in [2.05, 4.69) is 10.3 Å². The lowest BCUT2D eigenvalue weighted by Gasteiger charge is -2.35. The third-order valence-corrected chi connectivity index (χ3v) is 5.80. The molecule has 2 bridgehead atoms. The van der Waals surface area contributed by atoms with Crippen LogP contribution in [0.1, 0.15) is 45.2 Å². The number of nitrogens with zero attached hydrogens (tertiary/aromatic N) is 5. The maximum Gasteiger partial charge on any atom is 0.225 e. The average Bonchev–Trinajstić information content (AvgIpc) is 3.46. The lowest BCUT2D eigenvalue weighted by atomic mass is 10.0. The van der Waals surface area contributed by atoms with Crippen LogP contribution in [0.4, 0.5) is 0 Å². The molecule has 0 radical (unpaired) electrons. The molecule has 0 unspecified atom stereocenters. The lowest BCUT2D eigenvalue weighted by molar-refractivity contribution is -0.138. The molecule has 0 spiro atoms. The number of hydrogen-bond donors (Lipinski definition) is 1. The Morgan fingerprint density at radius 3 is 2.90 bits per heavy atom. The smallest absolute Gasteiger partial charge is 0.225 e. The van der Waals surface area contributed by atoms with Gasteiger partial charge in [0.15, 0.2) is 0 Å². The van der Waals surface area contributed by atoms with Crippen molar-refractivity contribution in [1.29, 1.82) is 0 Å². The second kappa shape index (κ2) is 9.67. The fourth-order valence-corrected chi connectivity index (χ4v) is 3.69. The minimum atomic E-state index is -0.265. The Bertz CT molecular complexity index is 705. The number of aryl methyl sites for hydroxylation is 1. The molecular formula is C20H33N5O4. The molecule has 29 heavy (non-hydrogen) atoms. The van der Waals surface area contributed by atoms with E-state index < -0.39 is 0 Å². The first-order chi connectivity index (χ1) is 13.9. The predicted molar refractivity (Wildman–Crippen MR) is 106 cm³/mol. The van der Waals surface area contributed by atoms with Crippen LogP contribution in [0.2, 0.25) is 0 Å². The predicted octanol–water partition coefficient (Wildman–Crippen LogP) is 0.671. The van der Waals surface area contributed by atoms with Crippen molar-refractivity contribution in [2.75, 3.05) is 26.7 Å². The molecule has 0 aromatic carbocycles. The molecule has 2 amide bonds. The van der Waals surface area contributed by atoms with Crippen molar-refractivity contribution >= 4 is 11.8 Å². The van der Waals surface area contributed by atoms with Crippen molar-refractivity contribution in [2.24, 2.45) is 11.8 Å². The van der Waals surface area contributed by atoms with Gasteiger partial charge in [0, 0.05) is 44.9 Å². The number of aliphatic hydroxyl groups excluding tert-OH is 1. The zero-order chi connectivity index (χ0) is 21.0. The number of ether oxygens (including phenoxy) is 1. The molecule has 1 aromatic heterocycles. The van der Waals surface area contributed by atoms with E-state index in [0.717, 1.165) is 18.5 Å². The molecule has 1 saturated carbocycles. The van der Waals surface area contributed by atoms with Crippen LogP contribution < -0.4 is 0 Å². The molecule has 1 N–H and O–H groups in total. The fourth-order valence-electron chi connectivity index (χ4n) is 3.69. The van der Waals surface area contributed by atoms with E-state index in [0.29, 0.717) is 39.1 Å². The normalized spacial score (nSPS) is 25.0. The molecule has 1 aliphatic carbocycles. The maximum atomic E-state index is 12.8. The highest BCUT2D eigenvalue weighted by atomic mass is 16.5. The van der Waals surface area contributed by atoms with Gasteiger partial charge in [-0.1, -0.05) is 12.1 Å². The first kappa shape index (κ1) is 21.7. The zero-order valence-corrected chi connectivity index (χ0v) is 17.7. The van der Waals surface area contributed by atoms with Gasteiger partial charge in [-0.3, -0.25) is 14.3 Å². The van der Waals surface area contributed by atoms with Crippen molar-refractivity contribution in [3.63, 3.8) is 0 Å². The van der Waals surface area contributed by atoms with Gasteiger partial charge in [-0.15, -0.1) is 5.10 Å². The fraction of sp³-hybridized carbons (Fsp3) is 0.800. The molecular weight excluding hydrogens is 374 g/mol. The summed E-state index contributed by atoms with van der Waals surface area (Å²) in [5, 5.41) is 17.9. The molecule has 162 valence electrons. The monoisotopic (exact) mass is 407 g/mol. The number of aromatic nitrogens is 3. The molecule has 9 nitrogen and oxygen atoms in total. The summed E-state index contributed by atoms with van der Waals surface area (Å²) in [7, 11) is 1.81. The van der Waals surface area contributed by atoms with E-state index >= 15 is 0 Å². The molecule has 3 atom stereocenters. The highest BCUT2D eigenvalue weighted by Gasteiger charge is 2.34. The minimum Gasteiger partial charge on any atom is -0.394 e. The van der Waals surface area contributed by atoms with Gasteiger partial charge in [0.1, 0.15) is 5.69 Å². The first-order valence-electron chi connectivity index (χ1n) is 10.5. The molecule has 1 fully saturated rings. The molecule has 9 heteroatoms. The summed E-state index contributed by atoms with van der Waals surface area (Å²) in [4.78, 5) is 28.7. The van der Waals surface area contributed by atoms with Crippen LogP contribution in [0.3, 0.4) is 0 Å². The van der Waals surface area contributed by atoms with Gasteiger partial charge in [-0.2, -0.15) is 0 Å². The minimum absolute atomic E-state index is 0.0131. The third-order valence-electron chi connectivity index (χ3n) is 5.80. The Kier molecular flexibility index (Phi) is 7.23. The van der Waals surface area contributed by atoms with E-state index in [-0.39, 0.29) is 42.4 Å². The van der Waals surface area contributed by atoms with Gasteiger partial charge in [-0.25, -0.2) is 0 Å². The van der Waals surface area contributed by atoms with E-state index in [1.54, 1.807) is 14.5 Å². The Morgan fingerprint density at radius 2 is 2.21 bits per heavy atom. The van der Waals surface area contributed by atoms with Crippen LogP contribution in [0.15, 0.2) is 6.20 Å². The summed E-state index contributed by atoms with van der Waals surface area (Å²) in [5.41, 5.74) is 0.740. The van der Waals surface area contributed by atoms with Gasteiger partial charge in [0.25, 0.3) is 0 Å². The highest BCUT2D eigenvalue weighted by molar-refractivity contribution is 5.80. The molecule has 0 saturated heterocycles. The molecule has 1 aromatic rings. The number of fused-ring (bicyclic) bond motifs is 2. The van der Waals surface area contributed by atoms with Gasteiger partial charge in [0.2, 0.25) is 11.8 Å². The number of rotatable bonds is 5. The second-order valence-corrected chi connectivity index (χ2v) is 8.47. The zero-order valence-electron chi connectivity index (χ0n) is 17.7. The van der Waals surface area contributed by atoms with E-state index in [4.69, 9.17) is 4.74 Å². The van der Waals surface area contributed by atoms with Crippen LogP contribution >= 0.6 is 0 Å². The Balaban J connectivity index is 1.77. The summed E-state index contributed by atoms with van der Waals surface area (Å²) in [6.45, 7) is 5.64. The topological polar surface area (TPSA) is 101 Å². The number of hydrogen-bond acceptors (Lipinski definition) is 6. The Hall–Kier alpha value is -2.00. The lowest BCUT2D eigenvalue weighted by Crippen LogP contribution is -2.47. The van der Waals surface area contributed by atoms with Crippen LogP contribution in [0.5, 0.6) is 0 Å². The van der Waals surface area contributed by atoms with E-state index in [1.807, 2.05) is 27.1 Å². The summed E-state index contributed by atoms with van der Waals surface area (Å²) in [6, 6.07) is -0.265. The molecule has 1 aliphatic heterocycles. The van der Waals surface area contributed by atoms with Crippen molar-refractivity contribution < 1.29 is 19.4 Å². The van der Waals surface area contributed by atoms with E-state index in [1.165, 1.54) is 0 Å². The van der Waals surface area contributed by atoms with Crippen molar-refractivity contribution in [2.45, 2.75) is 64.8 Å². The van der Waals surface area contributed by atoms with E-state index in [9.17, 15) is 14.7 Å². The average molecular weight is 408 g/mol. The standard InChI is InChI=1S/C20H33N5O4/c1-14-9-25(15(2)12-26)19(27)5-4-8-24-10-17(21-22-24)13-29-18(14)11-23(3)20(28)16-6-7-16/h10,14-16,18,26H,4-9,11-13H2,1-3H3/t14-,15-,18+/m1/s1. The number of carbonyl (C=O) groups excluding carboxylic acids is 2. The number of likely N-dealkylation sites (N-methyl/N-ethyl adjacent to an activating group) is 1. The van der Waals surface area contributed by atoms with Crippen molar-refractivity contribution in [1.82, 2.24) is 24.8 Å². The van der Waals surface area contributed by atoms with Crippen molar-refractivity contribution in [3.8, 4) is 0 Å². The molecule has 3 rings (SSSR count). The molecule has 2 heterocycles. The third kappa shape index (κ3) is 5.76. The van der Waals surface area contributed by atoms with Crippen LogP contribution in [0, 0.1) is 11.8 Å². The van der Waals surface area contributed by atoms with Gasteiger partial charge >= 0.3 is 0 Å². The quantitative estimate of drug-likeness (QED) is 0.770. The highest BCUT2D eigenvalue weighted by Crippen LogP contribution is 2.31. The second-order valence-electron chi connectivity index (χ2n) is 8.47. The Morgan fingerprint density at radius 1 is 1.45 bits per heavy atom. The number of amides is 2. The SMILES string of the molecule is C[C@@H]1CN([C@H](C)CO)C(=O)CCCn2cc(nn2)CO[C@H]1CN(C)C(=O)C1CC1. The van der Waals surface area contributed by atoms with Gasteiger partial charge in [-0.05, 0) is 26.2 Å². The summed E-state index contributed by atoms with van der Waals surface area (Å²) >= 11 is 0. The summed E-state index contributed by atoms with van der Waals surface area (Å²) in [6.07, 6.45) is 4.56. The largest absolute Gasteiger partial charge is 0.394 e. The van der Waals surface area contributed by atoms with Crippen LogP contribution in [-0.2, 0) is 27.5 Å². The number of carbonyl (C=O) groups is 2. The first-order valence-corrected chi connectivity index (χ1v) is 10.5. The maximum absolute atomic E-state index is 12.8. The summed E-state index contributed by atoms with van der Waals surface area (Å²) < 4.78 is 7.90. The van der Waals surface area contributed by atoms with Crippen LogP contribution in [0.25, 0.3) is 0 Å². The molecule has 2 aliphatic rings. The van der Waals surface area contributed by atoms with Crippen LogP contribution in [-0.4, -0.2) is 80.6 Å².